The van der Waals surface area contributed by atoms with Crippen molar-refractivity contribution in [3.63, 3.8) is 0 Å². The van der Waals surface area contributed by atoms with Crippen LogP contribution in [0.1, 0.15) is 55.9 Å². The Balaban J connectivity index is 1.48. The molecule has 2 atom stereocenters. The number of carboxylic acid groups (broad SMARTS) is 1. The largest absolute Gasteiger partial charge is 0.556 e. The molecule has 0 aromatic heterocycles. The first-order valence-electron chi connectivity index (χ1n) is 14.6. The number of nitrogens with one attached hydrogen (secondary N) is 1. The van der Waals surface area contributed by atoms with Crippen molar-refractivity contribution in [3.05, 3.63) is 88.7 Å². The zero-order valence-corrected chi connectivity index (χ0v) is 26.2. The van der Waals surface area contributed by atoms with E-state index >= 15 is 0 Å². The molecule has 250 valence electrons. The highest BCUT2D eigenvalue weighted by molar-refractivity contribution is 6.11. The lowest BCUT2D eigenvalue weighted by atomic mass is 10.0. The number of hydrogen-bond acceptors (Lipinski definition) is 10. The first-order chi connectivity index (χ1) is 22.6. The molecule has 13 nitrogen and oxygen atoms in total. The zero-order chi connectivity index (χ0) is 34.0. The summed E-state index contributed by atoms with van der Waals surface area (Å²) in [4.78, 5) is 57.6. The molecular weight excluding hydrogens is 619 g/mol. The minimum atomic E-state index is -1.40. The Morgan fingerprint density at radius 3 is 2.13 bits per heavy atom. The molecule has 0 saturated carbocycles. The van der Waals surface area contributed by atoms with Crippen molar-refractivity contribution in [3.8, 4) is 17.2 Å². The number of hydrogen-bond donors (Lipinski definition) is 2. The van der Waals surface area contributed by atoms with Crippen molar-refractivity contribution in [1.82, 2.24) is 5.32 Å². The van der Waals surface area contributed by atoms with Crippen molar-refractivity contribution >= 4 is 23.8 Å². The summed E-state index contributed by atoms with van der Waals surface area (Å²) < 4.78 is 39.4. The van der Waals surface area contributed by atoms with Gasteiger partial charge in [0.15, 0.2) is 25.9 Å². The number of quaternary nitrogens is 1. The van der Waals surface area contributed by atoms with Gasteiger partial charge in [0.2, 0.25) is 0 Å². The van der Waals surface area contributed by atoms with Gasteiger partial charge in [-0.15, -0.1) is 0 Å². The van der Waals surface area contributed by atoms with E-state index < -0.39 is 40.3 Å². The number of benzene rings is 3. The van der Waals surface area contributed by atoms with Crippen LogP contribution in [0.4, 0.5) is 9.18 Å². The summed E-state index contributed by atoms with van der Waals surface area (Å²) in [6.07, 6.45) is 0.0881. The fourth-order valence-electron chi connectivity index (χ4n) is 5.05. The Morgan fingerprint density at radius 1 is 0.851 bits per heavy atom. The lowest BCUT2D eigenvalue weighted by Crippen LogP contribution is -2.58. The molecule has 0 bridgehead atoms. The second-order valence-electron chi connectivity index (χ2n) is 10.6. The summed E-state index contributed by atoms with van der Waals surface area (Å²) in [5.41, 5.74) is -0.0228. The van der Waals surface area contributed by atoms with E-state index in [1.807, 2.05) is 0 Å². The van der Waals surface area contributed by atoms with Gasteiger partial charge in [-0.25, -0.2) is 9.18 Å². The number of ketones is 1. The normalized spacial score (nSPS) is 17.6. The highest BCUT2D eigenvalue weighted by Crippen LogP contribution is 2.31. The Hall–Kier alpha value is -5.05. The molecule has 47 heavy (non-hydrogen) atoms. The summed E-state index contributed by atoms with van der Waals surface area (Å²) in [6, 6.07) is 13.3. The molecule has 0 spiro atoms. The van der Waals surface area contributed by atoms with Crippen LogP contribution in [0.15, 0.2) is 60.7 Å². The lowest BCUT2D eigenvalue weighted by Gasteiger charge is -2.30. The smallest absolute Gasteiger partial charge is 0.497 e. The van der Waals surface area contributed by atoms with Gasteiger partial charge in [0.25, 0.3) is 5.91 Å². The molecule has 0 radical (unpaired) electrons. The van der Waals surface area contributed by atoms with E-state index in [1.54, 1.807) is 24.3 Å². The quantitative estimate of drug-likeness (QED) is 0.160. The minimum absolute atomic E-state index is 0.0173. The fourth-order valence-corrected chi connectivity index (χ4v) is 5.05. The van der Waals surface area contributed by atoms with Crippen LogP contribution >= 0.6 is 0 Å². The maximum absolute atomic E-state index is 15.0. The summed E-state index contributed by atoms with van der Waals surface area (Å²) in [5.74, 6) is -2.43. The van der Waals surface area contributed by atoms with E-state index in [9.17, 15) is 28.7 Å². The van der Waals surface area contributed by atoms with Gasteiger partial charge in [-0.3, -0.25) is 14.4 Å². The summed E-state index contributed by atoms with van der Waals surface area (Å²) in [5, 5.41) is 13.1. The van der Waals surface area contributed by atoms with Crippen LogP contribution in [0.25, 0.3) is 0 Å². The number of likely N-dealkylation sites (tertiary alicyclic amines) is 1. The van der Waals surface area contributed by atoms with Crippen LogP contribution in [0.2, 0.25) is 0 Å². The standard InChI is InChI=1S/C33H35FN2O11/c1-42-19-45-25-13-11-22(12-14-25)31(38)35-24-6-4-5-15-36(18-24,33(40)41)47-32(39)23-9-7-21(8-10-23)30(37)29-27(34)16-26(44-3)17-28(29)46-20-43-2/h7-14,16-17,24H,4-6,15,18-20H2,1-3H3,(H-,35,38,40,41)/p+1. The van der Waals surface area contributed by atoms with E-state index in [2.05, 4.69) is 5.32 Å². The minimum Gasteiger partial charge on any atom is -0.497 e. The SMILES string of the molecule is COCOc1ccc(C(=O)NC2CCCC[N+](OC(=O)c3ccc(C(=O)c4c(F)cc(OC)cc4OCOC)cc3)(C(=O)O)C2)cc1. The monoisotopic (exact) mass is 655 g/mol. The number of rotatable bonds is 12. The van der Waals surface area contributed by atoms with Crippen LogP contribution < -0.4 is 19.5 Å². The number of carbonyl (C=O) groups excluding carboxylic acids is 3. The van der Waals surface area contributed by atoms with Gasteiger partial charge in [0.1, 0.15) is 35.2 Å². The van der Waals surface area contributed by atoms with E-state index in [4.69, 9.17) is 28.5 Å². The van der Waals surface area contributed by atoms with Crippen LogP contribution in [0, 0.1) is 5.82 Å². The molecule has 1 aliphatic rings. The van der Waals surface area contributed by atoms with Crippen LogP contribution in [-0.4, -0.2) is 87.6 Å². The molecule has 3 aromatic rings. The first kappa shape index (κ1) is 34.8. The Labute approximate surface area is 270 Å². The number of amides is 2. The highest BCUT2D eigenvalue weighted by Gasteiger charge is 2.46. The van der Waals surface area contributed by atoms with Gasteiger partial charge in [-0.05, 0) is 53.9 Å². The molecule has 1 fully saturated rings. The summed E-state index contributed by atoms with van der Waals surface area (Å²) >= 11 is 0. The van der Waals surface area contributed by atoms with Crippen molar-refractivity contribution in [1.29, 1.82) is 0 Å². The average molecular weight is 656 g/mol. The number of halogens is 1. The van der Waals surface area contributed by atoms with E-state index in [0.29, 0.717) is 30.6 Å². The van der Waals surface area contributed by atoms with E-state index in [-0.39, 0.29) is 54.9 Å². The van der Waals surface area contributed by atoms with Gasteiger partial charge in [0, 0.05) is 43.9 Å². The highest BCUT2D eigenvalue weighted by atomic mass is 19.1. The first-order valence-corrected chi connectivity index (χ1v) is 14.6. The van der Waals surface area contributed by atoms with Crippen LogP contribution in [0.5, 0.6) is 17.2 Å². The van der Waals surface area contributed by atoms with Crippen LogP contribution in [0.3, 0.4) is 0 Å². The number of ether oxygens (including phenoxy) is 5. The number of nitrogens with zero attached hydrogens (tertiary/aromatic N) is 1. The fraction of sp³-hybridized carbons (Fsp3) is 0.333. The third-order valence-electron chi connectivity index (χ3n) is 7.44. The molecule has 4 rings (SSSR count). The van der Waals surface area contributed by atoms with Crippen molar-refractivity contribution in [2.24, 2.45) is 0 Å². The molecule has 0 aliphatic carbocycles. The maximum atomic E-state index is 15.0. The third-order valence-corrected chi connectivity index (χ3v) is 7.44. The van der Waals surface area contributed by atoms with Crippen molar-refractivity contribution < 1.29 is 61.8 Å². The Kier molecular flexibility index (Phi) is 11.8. The molecule has 1 heterocycles. The summed E-state index contributed by atoms with van der Waals surface area (Å²) in [7, 11) is 4.20. The predicted molar refractivity (Wildman–Crippen MR) is 163 cm³/mol. The predicted octanol–water partition coefficient (Wildman–Crippen LogP) is 4.58. The lowest BCUT2D eigenvalue weighted by molar-refractivity contribution is -1.03. The maximum Gasteiger partial charge on any atom is 0.556 e. The van der Waals surface area contributed by atoms with Gasteiger partial charge in [-0.2, -0.15) is 4.79 Å². The molecule has 3 aromatic carbocycles. The van der Waals surface area contributed by atoms with Crippen molar-refractivity contribution in [2.75, 3.05) is 48.0 Å². The molecule has 14 heteroatoms. The molecule has 1 saturated heterocycles. The van der Waals surface area contributed by atoms with Gasteiger partial charge >= 0.3 is 12.1 Å². The van der Waals surface area contributed by atoms with Crippen LogP contribution in [-0.2, 0) is 14.3 Å². The Bertz CT molecular complexity index is 1580. The topological polar surface area (TPSA) is 156 Å². The summed E-state index contributed by atoms with van der Waals surface area (Å²) in [6.45, 7) is -0.418. The number of carbonyl (C=O) groups is 4. The second-order valence-corrected chi connectivity index (χ2v) is 10.6. The van der Waals surface area contributed by atoms with Gasteiger partial charge < -0.3 is 34.1 Å². The zero-order valence-electron chi connectivity index (χ0n) is 26.2. The molecule has 2 N–H and O–H groups in total. The second kappa shape index (κ2) is 16.0. The van der Waals surface area contributed by atoms with E-state index in [0.717, 1.165) is 6.07 Å². The number of hydroxylamine groups is 3. The average Bonchev–Trinajstić information content (AvgIpc) is 3.28. The van der Waals surface area contributed by atoms with Crippen molar-refractivity contribution in [2.45, 2.75) is 25.3 Å². The molecule has 1 aliphatic heterocycles. The van der Waals surface area contributed by atoms with Gasteiger partial charge in [-0.1, -0.05) is 12.1 Å². The molecule has 2 amide bonds. The molecular formula is C33H36FN2O11+. The number of methoxy groups -OCH3 is 3. The Morgan fingerprint density at radius 2 is 1.49 bits per heavy atom. The van der Waals surface area contributed by atoms with Gasteiger partial charge in [0.05, 0.1) is 18.7 Å². The molecule has 2 unspecified atom stereocenters. The third kappa shape index (κ3) is 8.61. The van der Waals surface area contributed by atoms with E-state index in [1.165, 1.54) is 51.7 Å².